The summed E-state index contributed by atoms with van der Waals surface area (Å²) >= 11 is 4.13. The largest absolute Gasteiger partial charge is 0.242 e. The molecule has 4 heteroatoms. The fourth-order valence-electron chi connectivity index (χ4n) is 3.90. The zero-order valence-electron chi connectivity index (χ0n) is 15.3. The first-order valence-corrected chi connectivity index (χ1v) is 11.6. The zero-order valence-corrected chi connectivity index (χ0v) is 16.9. The fourth-order valence-corrected chi connectivity index (χ4v) is 6.27. The van der Waals surface area contributed by atoms with Crippen molar-refractivity contribution in [3.05, 3.63) is 60.7 Å². The second kappa shape index (κ2) is 9.32. The third kappa shape index (κ3) is 5.07. The van der Waals surface area contributed by atoms with Crippen molar-refractivity contribution < 1.29 is 0 Å². The first kappa shape index (κ1) is 18.4. The van der Waals surface area contributed by atoms with Crippen LogP contribution in [0.1, 0.15) is 25.7 Å². The Balaban J connectivity index is 1.26. The molecule has 0 bridgehead atoms. The van der Waals surface area contributed by atoms with Crippen molar-refractivity contribution in [2.75, 3.05) is 26.2 Å². The quantitative estimate of drug-likeness (QED) is 0.679. The maximum atomic E-state index is 2.65. The van der Waals surface area contributed by atoms with Crippen LogP contribution in [0.3, 0.4) is 0 Å². The van der Waals surface area contributed by atoms with E-state index in [1.165, 1.54) is 61.7 Å². The van der Waals surface area contributed by atoms with Crippen molar-refractivity contribution in [2.24, 2.45) is 0 Å². The van der Waals surface area contributed by atoms with Crippen LogP contribution in [0.4, 0.5) is 0 Å². The molecule has 0 amide bonds. The summed E-state index contributed by atoms with van der Waals surface area (Å²) in [7, 11) is 0. The van der Waals surface area contributed by atoms with Crippen molar-refractivity contribution in [2.45, 2.75) is 46.0 Å². The number of hydrogen-bond donors (Lipinski definition) is 0. The highest BCUT2D eigenvalue weighted by atomic mass is 32.2. The fraction of sp³-hybridized carbons (Fsp3) is 0.455. The van der Waals surface area contributed by atoms with E-state index in [0.717, 1.165) is 10.5 Å². The Morgan fingerprint density at radius 1 is 0.615 bits per heavy atom. The molecule has 2 aromatic rings. The molecule has 2 aromatic carbocycles. The number of nitrogens with zero attached hydrogens (tertiary/aromatic N) is 2. The number of piperidine rings is 2. The van der Waals surface area contributed by atoms with Crippen molar-refractivity contribution in [1.29, 1.82) is 0 Å². The predicted octanol–water partition coefficient (Wildman–Crippen LogP) is 5.41. The molecule has 4 rings (SSSR count). The number of hydrazine groups is 1. The molecule has 1 unspecified atom stereocenters. The van der Waals surface area contributed by atoms with Crippen LogP contribution in [-0.2, 0) is 0 Å². The molecule has 0 aliphatic carbocycles. The van der Waals surface area contributed by atoms with E-state index in [1.807, 2.05) is 0 Å². The van der Waals surface area contributed by atoms with Gasteiger partial charge in [0, 0.05) is 46.5 Å². The highest BCUT2D eigenvalue weighted by Gasteiger charge is 2.28. The lowest BCUT2D eigenvalue weighted by molar-refractivity contribution is -0.0490. The Hall–Kier alpha value is -0.940. The molecular weight excluding hydrogens is 356 g/mol. The van der Waals surface area contributed by atoms with E-state index in [0.29, 0.717) is 0 Å². The molecule has 26 heavy (non-hydrogen) atoms. The van der Waals surface area contributed by atoms with Crippen LogP contribution >= 0.6 is 23.5 Å². The second-order valence-corrected chi connectivity index (χ2v) is 9.94. The van der Waals surface area contributed by atoms with Crippen LogP contribution in [-0.4, -0.2) is 46.7 Å². The molecule has 0 radical (unpaired) electrons. The smallest absolute Gasteiger partial charge is 0.0256 e. The van der Waals surface area contributed by atoms with Gasteiger partial charge in [0.25, 0.3) is 0 Å². The first-order chi connectivity index (χ1) is 12.9. The van der Waals surface area contributed by atoms with E-state index in [4.69, 9.17) is 0 Å². The highest BCUT2D eigenvalue weighted by Crippen LogP contribution is 2.33. The minimum atomic E-state index is 0.725. The Labute approximate surface area is 166 Å². The Kier molecular flexibility index (Phi) is 6.60. The minimum absolute atomic E-state index is 0.725. The number of benzene rings is 2. The van der Waals surface area contributed by atoms with Gasteiger partial charge in [-0.15, -0.1) is 23.5 Å². The first-order valence-electron chi connectivity index (χ1n) is 9.80. The molecule has 2 heterocycles. The molecule has 0 N–H and O–H groups in total. The van der Waals surface area contributed by atoms with Crippen LogP contribution in [0, 0.1) is 0 Å². The van der Waals surface area contributed by atoms with Gasteiger partial charge in [0.1, 0.15) is 0 Å². The zero-order chi connectivity index (χ0) is 17.6. The predicted molar refractivity (Wildman–Crippen MR) is 114 cm³/mol. The van der Waals surface area contributed by atoms with E-state index in [-0.39, 0.29) is 0 Å². The van der Waals surface area contributed by atoms with Crippen LogP contribution in [0.2, 0.25) is 0 Å². The summed E-state index contributed by atoms with van der Waals surface area (Å²) < 4.78 is 0. The van der Waals surface area contributed by atoms with E-state index in [9.17, 15) is 0 Å². The molecule has 0 saturated carbocycles. The highest BCUT2D eigenvalue weighted by molar-refractivity contribution is 8.00. The summed E-state index contributed by atoms with van der Waals surface area (Å²) in [5, 5.41) is 6.78. The van der Waals surface area contributed by atoms with Crippen molar-refractivity contribution in [3.8, 4) is 0 Å². The lowest BCUT2D eigenvalue weighted by Gasteiger charge is -2.43. The van der Waals surface area contributed by atoms with Gasteiger partial charge in [-0.3, -0.25) is 0 Å². The molecule has 0 aromatic heterocycles. The summed E-state index contributed by atoms with van der Waals surface area (Å²) in [5.74, 6) is 0. The van der Waals surface area contributed by atoms with E-state index >= 15 is 0 Å². The number of thioether (sulfide) groups is 2. The Bertz CT molecular complexity index is 656. The second-order valence-electron chi connectivity index (χ2n) is 7.19. The van der Waals surface area contributed by atoms with Crippen LogP contribution in [0.5, 0.6) is 0 Å². The normalized spacial score (nSPS) is 23.2. The lowest BCUT2D eigenvalue weighted by Crippen LogP contribution is -2.52. The molecular formula is C22H28N2S2. The molecule has 138 valence electrons. The Morgan fingerprint density at radius 2 is 1.19 bits per heavy atom. The third-order valence-electron chi connectivity index (χ3n) is 5.27. The van der Waals surface area contributed by atoms with Gasteiger partial charge in [-0.1, -0.05) is 36.4 Å². The van der Waals surface area contributed by atoms with Crippen molar-refractivity contribution in [1.82, 2.24) is 10.0 Å². The van der Waals surface area contributed by atoms with E-state index in [1.54, 1.807) is 0 Å². The third-order valence-corrected chi connectivity index (χ3v) is 7.88. The van der Waals surface area contributed by atoms with Crippen molar-refractivity contribution >= 4 is 23.5 Å². The Morgan fingerprint density at radius 3 is 1.81 bits per heavy atom. The van der Waals surface area contributed by atoms with Gasteiger partial charge < -0.3 is 0 Å². The molecule has 2 aliphatic rings. The number of rotatable bonds is 5. The van der Waals surface area contributed by atoms with E-state index < -0.39 is 0 Å². The van der Waals surface area contributed by atoms with Gasteiger partial charge in [-0.05, 0) is 49.9 Å². The molecule has 2 saturated heterocycles. The molecule has 0 spiro atoms. The summed E-state index contributed by atoms with van der Waals surface area (Å²) in [6.07, 6.45) is 5.26. The maximum Gasteiger partial charge on any atom is 0.0256 e. The van der Waals surface area contributed by atoms with Crippen LogP contribution in [0.25, 0.3) is 0 Å². The van der Waals surface area contributed by atoms with Gasteiger partial charge >= 0.3 is 0 Å². The summed E-state index contributed by atoms with van der Waals surface area (Å²) in [6, 6.07) is 21.8. The van der Waals surface area contributed by atoms with Gasteiger partial charge in [0.05, 0.1) is 0 Å². The summed E-state index contributed by atoms with van der Waals surface area (Å²) in [5.41, 5.74) is 0. The molecule has 2 aliphatic heterocycles. The molecule has 2 fully saturated rings. The molecule has 2 nitrogen and oxygen atoms in total. The monoisotopic (exact) mass is 384 g/mol. The van der Waals surface area contributed by atoms with Crippen LogP contribution in [0.15, 0.2) is 70.5 Å². The lowest BCUT2D eigenvalue weighted by atomic mass is 10.1. The van der Waals surface area contributed by atoms with Crippen LogP contribution < -0.4 is 0 Å². The van der Waals surface area contributed by atoms with Gasteiger partial charge in [0.2, 0.25) is 0 Å². The number of hydrogen-bond acceptors (Lipinski definition) is 4. The van der Waals surface area contributed by atoms with Gasteiger partial charge in [-0.2, -0.15) is 0 Å². The topological polar surface area (TPSA) is 6.48 Å². The summed E-state index contributed by atoms with van der Waals surface area (Å²) in [4.78, 5) is 2.83. The minimum Gasteiger partial charge on any atom is -0.242 e. The van der Waals surface area contributed by atoms with Crippen molar-refractivity contribution in [3.63, 3.8) is 0 Å². The average Bonchev–Trinajstić information content (AvgIpc) is 2.70. The van der Waals surface area contributed by atoms with E-state index in [2.05, 4.69) is 94.2 Å². The maximum absolute atomic E-state index is 2.65. The standard InChI is InChI=1S/C22H28N2S2/c1-3-8-19(9-4-1)25-21-13-16-23(17-14-21)24-15-7-12-22(18-24)26-20-10-5-2-6-11-20/h1-6,8-11,21-22H,7,12-18H2. The summed E-state index contributed by atoms with van der Waals surface area (Å²) in [6.45, 7) is 4.87. The van der Waals surface area contributed by atoms with Gasteiger partial charge in [0.15, 0.2) is 0 Å². The average molecular weight is 385 g/mol. The molecule has 1 atom stereocenters. The van der Waals surface area contributed by atoms with Gasteiger partial charge in [-0.25, -0.2) is 10.0 Å². The SMILES string of the molecule is c1ccc(SC2CCN(N3CCCC(Sc4ccccc4)C3)CC2)cc1.